The highest BCUT2D eigenvalue weighted by Gasteiger charge is 2.10. The van der Waals surface area contributed by atoms with Crippen LogP contribution >= 0.6 is 0 Å². The van der Waals surface area contributed by atoms with Crippen LogP contribution in [0, 0.1) is 6.92 Å². The predicted molar refractivity (Wildman–Crippen MR) is 116 cm³/mol. The largest absolute Gasteiger partial charge is 0.459 e. The second kappa shape index (κ2) is 9.59. The quantitative estimate of drug-likeness (QED) is 0.492. The minimum atomic E-state index is -0.270. The third kappa shape index (κ3) is 5.48. The third-order valence-corrected chi connectivity index (χ3v) is 4.62. The molecule has 0 saturated carbocycles. The first-order valence-electron chi connectivity index (χ1n) is 9.47. The number of hydrogen-bond donors (Lipinski definition) is 2. The molecule has 3 aromatic rings. The Bertz CT molecular complexity index is 980. The standard InChI is InChI=1S/C23H26N4O2/c1-17-8-4-5-10-19(17)16-27(3)23(24-2)25-15-18-9-6-11-20(14-18)26-22(28)21-12-7-13-29-21/h4-14H,15-16H2,1-3H3,(H,24,25)(H,26,28). The molecule has 0 saturated heterocycles. The zero-order chi connectivity index (χ0) is 20.6. The lowest BCUT2D eigenvalue weighted by atomic mass is 10.1. The van der Waals surface area contributed by atoms with Crippen LogP contribution in [-0.4, -0.2) is 30.9 Å². The fourth-order valence-electron chi connectivity index (χ4n) is 3.04. The Morgan fingerprint density at radius 3 is 2.66 bits per heavy atom. The van der Waals surface area contributed by atoms with Crippen LogP contribution in [0.1, 0.15) is 27.2 Å². The highest BCUT2D eigenvalue weighted by Crippen LogP contribution is 2.13. The molecule has 0 aliphatic rings. The number of carbonyl (C=O) groups excluding carboxylic acids is 1. The SMILES string of the molecule is CN=C(NCc1cccc(NC(=O)c2ccco2)c1)N(C)Cc1ccccc1C. The van der Waals surface area contributed by atoms with Gasteiger partial charge in [0.05, 0.1) is 6.26 Å². The number of amides is 1. The summed E-state index contributed by atoms with van der Waals surface area (Å²) >= 11 is 0. The maximum absolute atomic E-state index is 12.1. The van der Waals surface area contributed by atoms with Crippen LogP contribution in [-0.2, 0) is 13.1 Å². The summed E-state index contributed by atoms with van der Waals surface area (Å²) in [6, 6.07) is 19.4. The molecule has 0 radical (unpaired) electrons. The van der Waals surface area contributed by atoms with Crippen molar-refractivity contribution in [3.63, 3.8) is 0 Å². The van der Waals surface area contributed by atoms with E-state index in [0.717, 1.165) is 18.1 Å². The second-order valence-electron chi connectivity index (χ2n) is 6.82. The first-order valence-corrected chi connectivity index (χ1v) is 9.47. The minimum Gasteiger partial charge on any atom is -0.459 e. The predicted octanol–water partition coefficient (Wildman–Crippen LogP) is 4.05. The molecule has 6 nitrogen and oxygen atoms in total. The summed E-state index contributed by atoms with van der Waals surface area (Å²) in [6.45, 7) is 3.47. The van der Waals surface area contributed by atoms with Gasteiger partial charge in [-0.15, -0.1) is 0 Å². The zero-order valence-corrected chi connectivity index (χ0v) is 17.0. The van der Waals surface area contributed by atoms with Crippen LogP contribution in [0.25, 0.3) is 0 Å². The molecule has 2 N–H and O–H groups in total. The summed E-state index contributed by atoms with van der Waals surface area (Å²) in [7, 11) is 3.79. The van der Waals surface area contributed by atoms with Gasteiger partial charge in [0.25, 0.3) is 5.91 Å². The van der Waals surface area contributed by atoms with E-state index < -0.39 is 0 Å². The molecule has 1 heterocycles. The van der Waals surface area contributed by atoms with Crippen molar-refractivity contribution in [1.82, 2.24) is 10.2 Å². The monoisotopic (exact) mass is 390 g/mol. The van der Waals surface area contributed by atoms with E-state index in [0.29, 0.717) is 12.2 Å². The zero-order valence-electron chi connectivity index (χ0n) is 17.0. The van der Waals surface area contributed by atoms with Crippen LogP contribution in [0.2, 0.25) is 0 Å². The van der Waals surface area contributed by atoms with Gasteiger partial charge in [-0.2, -0.15) is 0 Å². The van der Waals surface area contributed by atoms with E-state index in [1.165, 1.54) is 17.4 Å². The Hall–Kier alpha value is -3.54. The van der Waals surface area contributed by atoms with Crippen LogP contribution in [0.15, 0.2) is 76.3 Å². The van der Waals surface area contributed by atoms with Gasteiger partial charge in [0.2, 0.25) is 0 Å². The number of aryl methyl sites for hydroxylation is 1. The van der Waals surface area contributed by atoms with Gasteiger partial charge in [0.15, 0.2) is 11.7 Å². The van der Waals surface area contributed by atoms with E-state index in [1.807, 2.05) is 37.4 Å². The summed E-state index contributed by atoms with van der Waals surface area (Å²) in [6.07, 6.45) is 1.48. The van der Waals surface area contributed by atoms with Crippen molar-refractivity contribution in [1.29, 1.82) is 0 Å². The normalized spacial score (nSPS) is 11.2. The molecule has 0 aliphatic carbocycles. The van der Waals surface area contributed by atoms with Crippen molar-refractivity contribution in [3.8, 4) is 0 Å². The van der Waals surface area contributed by atoms with E-state index in [4.69, 9.17) is 4.42 Å². The first kappa shape index (κ1) is 20.2. The molecule has 3 rings (SSSR count). The topological polar surface area (TPSA) is 69.9 Å². The van der Waals surface area contributed by atoms with Gasteiger partial charge in [-0.1, -0.05) is 36.4 Å². The average Bonchev–Trinajstić information content (AvgIpc) is 3.26. The van der Waals surface area contributed by atoms with Crippen molar-refractivity contribution in [2.24, 2.45) is 4.99 Å². The lowest BCUT2D eigenvalue weighted by Gasteiger charge is -2.23. The highest BCUT2D eigenvalue weighted by atomic mass is 16.3. The molecule has 150 valence electrons. The number of furan rings is 1. The molecular weight excluding hydrogens is 364 g/mol. The van der Waals surface area contributed by atoms with Gasteiger partial charge in [-0.3, -0.25) is 9.79 Å². The molecule has 2 aromatic carbocycles. The summed E-state index contributed by atoms with van der Waals surface area (Å²) in [5, 5.41) is 6.22. The molecule has 0 aliphatic heterocycles. The van der Waals surface area contributed by atoms with Crippen molar-refractivity contribution in [3.05, 3.63) is 89.4 Å². The van der Waals surface area contributed by atoms with Crippen molar-refractivity contribution in [2.45, 2.75) is 20.0 Å². The molecule has 0 unspecified atom stereocenters. The molecule has 1 aromatic heterocycles. The van der Waals surface area contributed by atoms with E-state index in [1.54, 1.807) is 19.2 Å². The van der Waals surface area contributed by atoms with E-state index in [2.05, 4.69) is 45.6 Å². The number of nitrogens with one attached hydrogen (secondary N) is 2. The molecule has 0 fully saturated rings. The lowest BCUT2D eigenvalue weighted by Crippen LogP contribution is -2.38. The van der Waals surface area contributed by atoms with Gasteiger partial charge in [0, 0.05) is 32.9 Å². The summed E-state index contributed by atoms with van der Waals surface area (Å²) in [5.41, 5.74) is 4.28. The summed E-state index contributed by atoms with van der Waals surface area (Å²) in [4.78, 5) is 18.6. The minimum absolute atomic E-state index is 0.270. The van der Waals surface area contributed by atoms with Gasteiger partial charge >= 0.3 is 0 Å². The van der Waals surface area contributed by atoms with Crippen molar-refractivity contribution >= 4 is 17.6 Å². The average molecular weight is 390 g/mol. The van der Waals surface area contributed by atoms with E-state index >= 15 is 0 Å². The van der Waals surface area contributed by atoms with E-state index in [-0.39, 0.29) is 11.7 Å². The Labute approximate surface area is 171 Å². The van der Waals surface area contributed by atoms with Crippen LogP contribution in [0.4, 0.5) is 5.69 Å². The Morgan fingerprint density at radius 2 is 1.93 bits per heavy atom. The Kier molecular flexibility index (Phi) is 6.68. The number of aliphatic imine (C=N–C) groups is 1. The number of benzene rings is 2. The molecule has 1 amide bonds. The number of guanidine groups is 1. The fraction of sp³-hybridized carbons (Fsp3) is 0.217. The van der Waals surface area contributed by atoms with Gasteiger partial charge in [0.1, 0.15) is 0 Å². The molecular formula is C23H26N4O2. The Morgan fingerprint density at radius 1 is 1.10 bits per heavy atom. The van der Waals surface area contributed by atoms with Crippen LogP contribution in [0.5, 0.6) is 0 Å². The third-order valence-electron chi connectivity index (χ3n) is 4.62. The van der Waals surface area contributed by atoms with Gasteiger partial charge in [-0.05, 0) is 47.9 Å². The number of nitrogens with zero attached hydrogens (tertiary/aromatic N) is 2. The van der Waals surface area contributed by atoms with E-state index in [9.17, 15) is 4.79 Å². The molecule has 0 atom stereocenters. The molecule has 0 spiro atoms. The Balaban J connectivity index is 1.59. The molecule has 29 heavy (non-hydrogen) atoms. The van der Waals surface area contributed by atoms with Gasteiger partial charge < -0.3 is 20.0 Å². The second-order valence-corrected chi connectivity index (χ2v) is 6.82. The molecule has 0 bridgehead atoms. The fourth-order valence-corrected chi connectivity index (χ4v) is 3.04. The number of hydrogen-bond acceptors (Lipinski definition) is 3. The number of anilines is 1. The van der Waals surface area contributed by atoms with Crippen molar-refractivity contribution < 1.29 is 9.21 Å². The maximum Gasteiger partial charge on any atom is 0.291 e. The van der Waals surface area contributed by atoms with Crippen molar-refractivity contribution in [2.75, 3.05) is 19.4 Å². The molecule has 6 heteroatoms. The van der Waals surface area contributed by atoms with Crippen LogP contribution in [0.3, 0.4) is 0 Å². The summed E-state index contributed by atoms with van der Waals surface area (Å²) in [5.74, 6) is 0.818. The highest BCUT2D eigenvalue weighted by molar-refractivity contribution is 6.02. The van der Waals surface area contributed by atoms with Crippen LogP contribution < -0.4 is 10.6 Å². The number of rotatable bonds is 6. The summed E-state index contributed by atoms with van der Waals surface area (Å²) < 4.78 is 5.13. The first-order chi connectivity index (χ1) is 14.1. The smallest absolute Gasteiger partial charge is 0.291 e. The van der Waals surface area contributed by atoms with Gasteiger partial charge in [-0.25, -0.2) is 0 Å². The number of carbonyl (C=O) groups is 1. The lowest BCUT2D eigenvalue weighted by molar-refractivity contribution is 0.0996. The maximum atomic E-state index is 12.1.